The van der Waals surface area contributed by atoms with Crippen LogP contribution in [0.2, 0.25) is 0 Å². The van der Waals surface area contributed by atoms with Crippen molar-refractivity contribution < 1.29 is 13.2 Å². The summed E-state index contributed by atoms with van der Waals surface area (Å²) in [4.78, 5) is 7.90. The van der Waals surface area contributed by atoms with E-state index in [0.29, 0.717) is 17.3 Å². The van der Waals surface area contributed by atoms with Gasteiger partial charge in [-0.2, -0.15) is 0 Å². The molecule has 0 saturated carbocycles. The van der Waals surface area contributed by atoms with Crippen molar-refractivity contribution in [2.45, 2.75) is 4.21 Å². The van der Waals surface area contributed by atoms with Gasteiger partial charge in [0, 0.05) is 18.5 Å². The predicted molar refractivity (Wildman–Crippen MR) is 83.7 cm³/mol. The Morgan fingerprint density at radius 1 is 1.14 bits per heavy atom. The molecule has 0 aliphatic heterocycles. The van der Waals surface area contributed by atoms with E-state index in [4.69, 9.17) is 4.74 Å². The van der Waals surface area contributed by atoms with Crippen molar-refractivity contribution in [1.29, 1.82) is 0 Å². The Hall–Kier alpha value is -2.45. The number of benzene rings is 1. The summed E-state index contributed by atoms with van der Waals surface area (Å²) >= 11 is 1.16. The van der Waals surface area contributed by atoms with E-state index in [9.17, 15) is 8.42 Å². The number of ether oxygens (including phenoxy) is 1. The Morgan fingerprint density at radius 2 is 2.05 bits per heavy atom. The number of rotatable bonds is 5. The van der Waals surface area contributed by atoms with Crippen molar-refractivity contribution in [3.63, 3.8) is 0 Å². The molecule has 22 heavy (non-hydrogen) atoms. The second-order valence-corrected chi connectivity index (χ2v) is 7.07. The predicted octanol–water partition coefficient (Wildman–Crippen LogP) is 3.13. The molecule has 6 nitrogen and oxygen atoms in total. The van der Waals surface area contributed by atoms with Crippen LogP contribution in [0.25, 0.3) is 0 Å². The van der Waals surface area contributed by atoms with E-state index < -0.39 is 10.0 Å². The van der Waals surface area contributed by atoms with Gasteiger partial charge in [-0.15, -0.1) is 11.3 Å². The topological polar surface area (TPSA) is 81.2 Å². The number of anilines is 1. The van der Waals surface area contributed by atoms with Crippen LogP contribution in [0.4, 0.5) is 5.69 Å². The Kier molecular flexibility index (Phi) is 4.03. The van der Waals surface area contributed by atoms with Gasteiger partial charge in [-0.05, 0) is 23.6 Å². The SMILES string of the molecule is O=S(=O)(Nc1cccc(Oc2cnccn2)c1)c1cccs1. The van der Waals surface area contributed by atoms with Gasteiger partial charge in [-0.25, -0.2) is 13.4 Å². The molecule has 1 aromatic carbocycles. The highest BCUT2D eigenvalue weighted by atomic mass is 32.2. The molecule has 2 heterocycles. The third kappa shape index (κ3) is 3.41. The molecule has 0 spiro atoms. The number of sulfonamides is 1. The lowest BCUT2D eigenvalue weighted by Crippen LogP contribution is -2.11. The normalized spacial score (nSPS) is 11.1. The van der Waals surface area contributed by atoms with Crippen LogP contribution < -0.4 is 9.46 Å². The van der Waals surface area contributed by atoms with E-state index in [1.165, 1.54) is 12.4 Å². The van der Waals surface area contributed by atoms with Crippen LogP contribution in [0.3, 0.4) is 0 Å². The first-order chi connectivity index (χ1) is 10.6. The average Bonchev–Trinajstić information content (AvgIpc) is 3.03. The fourth-order valence-electron chi connectivity index (χ4n) is 1.70. The zero-order valence-electron chi connectivity index (χ0n) is 11.2. The lowest BCUT2D eigenvalue weighted by atomic mass is 10.3. The second-order valence-electron chi connectivity index (χ2n) is 4.21. The maximum absolute atomic E-state index is 12.2. The van der Waals surface area contributed by atoms with E-state index in [1.807, 2.05) is 0 Å². The summed E-state index contributed by atoms with van der Waals surface area (Å²) in [5.74, 6) is 0.799. The minimum atomic E-state index is -3.57. The first kappa shape index (κ1) is 14.5. The Morgan fingerprint density at radius 3 is 2.77 bits per heavy atom. The van der Waals surface area contributed by atoms with Gasteiger partial charge in [0.2, 0.25) is 5.88 Å². The molecule has 112 valence electrons. The van der Waals surface area contributed by atoms with Gasteiger partial charge in [0.15, 0.2) is 0 Å². The highest BCUT2D eigenvalue weighted by Gasteiger charge is 2.15. The van der Waals surface area contributed by atoms with Crippen molar-refractivity contribution in [2.24, 2.45) is 0 Å². The van der Waals surface area contributed by atoms with Crippen molar-refractivity contribution in [2.75, 3.05) is 4.72 Å². The van der Waals surface area contributed by atoms with Crippen molar-refractivity contribution in [3.8, 4) is 11.6 Å². The number of thiophene rings is 1. The summed E-state index contributed by atoms with van der Waals surface area (Å²) in [6.45, 7) is 0. The fourth-order valence-corrected chi connectivity index (χ4v) is 3.75. The maximum Gasteiger partial charge on any atom is 0.271 e. The molecule has 2 aromatic heterocycles. The standard InChI is InChI=1S/C14H11N3O3S2/c18-22(19,14-5-2-8-21-14)17-11-3-1-4-12(9-11)20-13-10-15-6-7-16-13/h1-10,17H. The van der Waals surface area contributed by atoms with Crippen molar-refractivity contribution in [3.05, 3.63) is 60.4 Å². The van der Waals surface area contributed by atoms with Crippen LogP contribution >= 0.6 is 11.3 Å². The summed E-state index contributed by atoms with van der Waals surface area (Å²) in [5, 5.41) is 1.71. The van der Waals surface area contributed by atoms with Gasteiger partial charge in [0.25, 0.3) is 10.0 Å². The number of hydrogen-bond acceptors (Lipinski definition) is 6. The summed E-state index contributed by atoms with van der Waals surface area (Å²) in [7, 11) is -3.57. The molecule has 0 aliphatic rings. The first-order valence-corrected chi connectivity index (χ1v) is 8.60. The van der Waals surface area contributed by atoms with Gasteiger partial charge in [-0.1, -0.05) is 12.1 Å². The Bertz CT molecular complexity index is 850. The largest absolute Gasteiger partial charge is 0.437 e. The minimum absolute atomic E-state index is 0.257. The molecule has 1 N–H and O–H groups in total. The number of aromatic nitrogens is 2. The van der Waals surface area contributed by atoms with E-state index in [1.54, 1.807) is 48.0 Å². The van der Waals surface area contributed by atoms with Crippen LogP contribution in [0.5, 0.6) is 11.6 Å². The monoisotopic (exact) mass is 333 g/mol. The molecule has 3 aromatic rings. The summed E-state index contributed by atoms with van der Waals surface area (Å²) in [5.41, 5.74) is 0.412. The maximum atomic E-state index is 12.2. The zero-order valence-corrected chi connectivity index (χ0v) is 12.8. The minimum Gasteiger partial charge on any atom is -0.437 e. The Balaban J connectivity index is 1.80. The van der Waals surface area contributed by atoms with E-state index in [-0.39, 0.29) is 4.21 Å². The third-order valence-electron chi connectivity index (χ3n) is 2.61. The zero-order chi connectivity index (χ0) is 15.4. The molecule has 0 amide bonds. The van der Waals surface area contributed by atoms with Gasteiger partial charge < -0.3 is 4.74 Å². The van der Waals surface area contributed by atoms with Crippen LogP contribution in [-0.2, 0) is 10.0 Å². The van der Waals surface area contributed by atoms with Crippen LogP contribution in [-0.4, -0.2) is 18.4 Å². The lowest BCUT2D eigenvalue weighted by molar-refractivity contribution is 0.460. The molecule has 0 bridgehead atoms. The molecule has 0 saturated heterocycles. The van der Waals surface area contributed by atoms with E-state index >= 15 is 0 Å². The molecule has 3 rings (SSSR count). The van der Waals surface area contributed by atoms with Gasteiger partial charge in [-0.3, -0.25) is 9.71 Å². The van der Waals surface area contributed by atoms with Crippen LogP contribution in [0.1, 0.15) is 0 Å². The number of nitrogens with one attached hydrogen (secondary N) is 1. The third-order valence-corrected chi connectivity index (χ3v) is 5.39. The quantitative estimate of drug-likeness (QED) is 0.776. The molecule has 0 radical (unpaired) electrons. The molecule has 0 fully saturated rings. The summed E-state index contributed by atoms with van der Waals surface area (Å²) < 4.78 is 32.6. The summed E-state index contributed by atoms with van der Waals surface area (Å²) in [6, 6.07) is 9.86. The number of nitrogens with zero attached hydrogens (tertiary/aromatic N) is 2. The average molecular weight is 333 g/mol. The van der Waals surface area contributed by atoms with Crippen LogP contribution in [0.15, 0.2) is 64.6 Å². The van der Waals surface area contributed by atoms with Crippen LogP contribution in [0, 0.1) is 0 Å². The molecule has 0 atom stereocenters. The molecule has 0 aliphatic carbocycles. The van der Waals surface area contributed by atoms with Gasteiger partial charge in [0.05, 0.1) is 11.9 Å². The molecular formula is C14H11N3O3S2. The van der Waals surface area contributed by atoms with Gasteiger partial charge >= 0.3 is 0 Å². The molecular weight excluding hydrogens is 322 g/mol. The first-order valence-electron chi connectivity index (χ1n) is 6.24. The van der Waals surface area contributed by atoms with Gasteiger partial charge in [0.1, 0.15) is 9.96 Å². The summed E-state index contributed by atoms with van der Waals surface area (Å²) in [6.07, 6.45) is 4.53. The number of hydrogen-bond donors (Lipinski definition) is 1. The highest BCUT2D eigenvalue weighted by molar-refractivity contribution is 7.94. The van der Waals surface area contributed by atoms with Crippen molar-refractivity contribution in [1.82, 2.24) is 9.97 Å². The Labute approximate surface area is 131 Å². The van der Waals surface area contributed by atoms with Crippen molar-refractivity contribution >= 4 is 27.0 Å². The second kappa shape index (κ2) is 6.12. The smallest absolute Gasteiger partial charge is 0.271 e. The fraction of sp³-hybridized carbons (Fsp3) is 0. The highest BCUT2D eigenvalue weighted by Crippen LogP contribution is 2.25. The van der Waals surface area contributed by atoms with E-state index in [0.717, 1.165) is 11.3 Å². The molecule has 0 unspecified atom stereocenters. The molecule has 8 heteroatoms. The van der Waals surface area contributed by atoms with E-state index in [2.05, 4.69) is 14.7 Å². The lowest BCUT2D eigenvalue weighted by Gasteiger charge is -2.08.